The van der Waals surface area contributed by atoms with Crippen LogP contribution in [0.5, 0.6) is 0 Å². The van der Waals surface area contributed by atoms with Crippen LogP contribution in [0.25, 0.3) is 0 Å². The molecule has 0 saturated carbocycles. The van der Waals surface area contributed by atoms with Gasteiger partial charge in [-0.1, -0.05) is 36.4 Å². The van der Waals surface area contributed by atoms with Crippen LogP contribution >= 0.6 is 0 Å². The van der Waals surface area contributed by atoms with E-state index in [2.05, 4.69) is 0 Å². The van der Waals surface area contributed by atoms with Gasteiger partial charge in [-0.3, -0.25) is 9.59 Å². The smallest absolute Gasteiger partial charge is 0.267 e. The fraction of sp³-hybridized carbons (Fsp3) is 0.300. The Labute approximate surface area is 143 Å². The van der Waals surface area contributed by atoms with Gasteiger partial charge in [-0.05, 0) is 51.5 Å². The fourth-order valence-electron chi connectivity index (χ4n) is 2.67. The molecule has 0 unspecified atom stereocenters. The van der Waals surface area contributed by atoms with Gasteiger partial charge in [-0.2, -0.15) is 0 Å². The summed E-state index contributed by atoms with van der Waals surface area (Å²) in [5.41, 5.74) is 1.49. The first kappa shape index (κ1) is 17.7. The number of carbonyl (C=O) groups is 2. The molecular formula is C20H24N2O2. The van der Waals surface area contributed by atoms with Gasteiger partial charge in [0, 0.05) is 18.2 Å². The average molecular weight is 324 g/mol. The maximum absolute atomic E-state index is 13.0. The van der Waals surface area contributed by atoms with Crippen molar-refractivity contribution in [1.29, 1.82) is 0 Å². The molecule has 0 aliphatic heterocycles. The van der Waals surface area contributed by atoms with E-state index < -0.39 is 5.54 Å². The van der Waals surface area contributed by atoms with E-state index in [-0.39, 0.29) is 11.8 Å². The highest BCUT2D eigenvalue weighted by atomic mass is 16.2. The topological polar surface area (TPSA) is 40.6 Å². The molecule has 0 saturated heterocycles. The van der Waals surface area contributed by atoms with Crippen LogP contribution in [-0.2, 0) is 0 Å². The van der Waals surface area contributed by atoms with E-state index in [4.69, 9.17) is 0 Å². The molecule has 0 heterocycles. The minimum absolute atomic E-state index is 0.201. The van der Waals surface area contributed by atoms with Crippen molar-refractivity contribution in [1.82, 2.24) is 10.0 Å². The number of hydrogen-bond acceptors (Lipinski definition) is 2. The average Bonchev–Trinajstić information content (AvgIpc) is 2.54. The van der Waals surface area contributed by atoms with E-state index in [1.54, 1.807) is 25.2 Å². The second-order valence-electron chi connectivity index (χ2n) is 6.80. The molecular weight excluding hydrogens is 300 g/mol. The molecule has 24 heavy (non-hydrogen) atoms. The van der Waals surface area contributed by atoms with Crippen molar-refractivity contribution in [2.45, 2.75) is 33.2 Å². The predicted molar refractivity (Wildman–Crippen MR) is 95.6 cm³/mol. The molecule has 2 aromatic rings. The van der Waals surface area contributed by atoms with Crippen LogP contribution in [0.1, 0.15) is 47.1 Å². The van der Waals surface area contributed by atoms with Gasteiger partial charge < -0.3 is 0 Å². The minimum Gasteiger partial charge on any atom is -0.267 e. The zero-order valence-electron chi connectivity index (χ0n) is 14.9. The molecule has 0 aliphatic carbocycles. The second-order valence-corrected chi connectivity index (χ2v) is 6.80. The summed E-state index contributed by atoms with van der Waals surface area (Å²) in [6.07, 6.45) is 0. The maximum atomic E-state index is 13.0. The first-order valence-corrected chi connectivity index (χ1v) is 7.96. The number of benzene rings is 2. The highest BCUT2D eigenvalue weighted by Gasteiger charge is 2.34. The standard InChI is InChI=1S/C20H24N2O2/c1-15-11-9-10-14-17(15)19(24)21(5)22(20(2,3)4)18(23)16-12-7-6-8-13-16/h6-14H,1-5H3. The van der Waals surface area contributed by atoms with Crippen LogP contribution < -0.4 is 0 Å². The molecule has 2 rings (SSSR count). The van der Waals surface area contributed by atoms with Crippen molar-refractivity contribution in [3.8, 4) is 0 Å². The van der Waals surface area contributed by atoms with Crippen molar-refractivity contribution >= 4 is 11.8 Å². The number of hydrogen-bond donors (Lipinski definition) is 0. The lowest BCUT2D eigenvalue weighted by atomic mass is 10.1. The molecule has 0 spiro atoms. The molecule has 126 valence electrons. The van der Waals surface area contributed by atoms with Gasteiger partial charge in [0.1, 0.15) is 0 Å². The monoisotopic (exact) mass is 324 g/mol. The van der Waals surface area contributed by atoms with Crippen molar-refractivity contribution in [3.05, 3.63) is 71.3 Å². The van der Waals surface area contributed by atoms with Crippen molar-refractivity contribution in [2.24, 2.45) is 0 Å². The van der Waals surface area contributed by atoms with E-state index in [1.165, 1.54) is 10.0 Å². The molecule has 0 aromatic heterocycles. The Morgan fingerprint density at radius 1 is 0.833 bits per heavy atom. The minimum atomic E-state index is -0.542. The maximum Gasteiger partial charge on any atom is 0.272 e. The summed E-state index contributed by atoms with van der Waals surface area (Å²) < 4.78 is 0. The van der Waals surface area contributed by atoms with Gasteiger partial charge in [-0.15, -0.1) is 0 Å². The quantitative estimate of drug-likeness (QED) is 0.786. The van der Waals surface area contributed by atoms with Gasteiger partial charge in [0.15, 0.2) is 0 Å². The number of aryl methyl sites for hydroxylation is 1. The lowest BCUT2D eigenvalue weighted by Gasteiger charge is -2.41. The Balaban J connectivity index is 2.40. The summed E-state index contributed by atoms with van der Waals surface area (Å²) in [7, 11) is 1.64. The zero-order valence-corrected chi connectivity index (χ0v) is 14.9. The summed E-state index contributed by atoms with van der Waals surface area (Å²) in [5, 5.41) is 2.93. The van der Waals surface area contributed by atoms with E-state index in [0.717, 1.165) is 5.56 Å². The summed E-state index contributed by atoms with van der Waals surface area (Å²) in [5.74, 6) is -0.403. The SMILES string of the molecule is Cc1ccccc1C(=O)N(C)N(C(=O)c1ccccc1)C(C)(C)C. The van der Waals surface area contributed by atoms with Crippen LogP contribution in [0.3, 0.4) is 0 Å². The number of nitrogens with zero attached hydrogens (tertiary/aromatic N) is 2. The van der Waals surface area contributed by atoms with E-state index in [1.807, 2.05) is 64.1 Å². The largest absolute Gasteiger partial charge is 0.272 e. The van der Waals surface area contributed by atoms with Crippen LogP contribution in [0.4, 0.5) is 0 Å². The van der Waals surface area contributed by atoms with Crippen molar-refractivity contribution in [2.75, 3.05) is 7.05 Å². The first-order chi connectivity index (χ1) is 11.2. The number of rotatable bonds is 2. The summed E-state index contributed by atoms with van der Waals surface area (Å²) in [6, 6.07) is 16.4. The Hall–Kier alpha value is -2.62. The molecule has 0 atom stereocenters. The molecule has 4 nitrogen and oxygen atoms in total. The van der Waals surface area contributed by atoms with Crippen molar-refractivity contribution in [3.63, 3.8) is 0 Å². The summed E-state index contributed by atoms with van der Waals surface area (Å²) in [4.78, 5) is 25.9. The molecule has 0 N–H and O–H groups in total. The molecule has 2 aromatic carbocycles. The molecule has 2 amide bonds. The van der Waals surface area contributed by atoms with Gasteiger partial charge in [0.05, 0.1) is 5.54 Å². The third-order valence-electron chi connectivity index (χ3n) is 3.82. The summed E-state index contributed by atoms with van der Waals surface area (Å²) >= 11 is 0. The predicted octanol–water partition coefficient (Wildman–Crippen LogP) is 3.92. The van der Waals surface area contributed by atoms with Crippen LogP contribution in [0.2, 0.25) is 0 Å². The molecule has 4 heteroatoms. The lowest BCUT2D eigenvalue weighted by Crippen LogP contribution is -2.56. The Kier molecular flexibility index (Phi) is 5.07. The van der Waals surface area contributed by atoms with Crippen LogP contribution in [0, 0.1) is 6.92 Å². The van der Waals surface area contributed by atoms with Crippen LogP contribution in [-0.4, -0.2) is 34.4 Å². The fourth-order valence-corrected chi connectivity index (χ4v) is 2.67. The lowest BCUT2D eigenvalue weighted by molar-refractivity contribution is -0.0308. The normalized spacial score (nSPS) is 11.0. The first-order valence-electron chi connectivity index (χ1n) is 7.96. The molecule has 0 bridgehead atoms. The number of carbonyl (C=O) groups excluding carboxylic acids is 2. The number of hydrazine groups is 1. The van der Waals surface area contributed by atoms with E-state index >= 15 is 0 Å². The third kappa shape index (κ3) is 3.65. The third-order valence-corrected chi connectivity index (χ3v) is 3.82. The van der Waals surface area contributed by atoms with E-state index in [9.17, 15) is 9.59 Å². The molecule has 0 radical (unpaired) electrons. The van der Waals surface area contributed by atoms with Crippen LogP contribution in [0.15, 0.2) is 54.6 Å². The van der Waals surface area contributed by atoms with E-state index in [0.29, 0.717) is 11.1 Å². The highest BCUT2D eigenvalue weighted by Crippen LogP contribution is 2.22. The molecule has 0 fully saturated rings. The van der Waals surface area contributed by atoms with Gasteiger partial charge in [0.2, 0.25) is 0 Å². The zero-order chi connectivity index (χ0) is 17.9. The highest BCUT2D eigenvalue weighted by molar-refractivity contribution is 6.00. The Morgan fingerprint density at radius 3 is 1.92 bits per heavy atom. The second kappa shape index (κ2) is 6.87. The summed E-state index contributed by atoms with van der Waals surface area (Å²) in [6.45, 7) is 7.63. The number of amides is 2. The van der Waals surface area contributed by atoms with Gasteiger partial charge in [-0.25, -0.2) is 10.0 Å². The van der Waals surface area contributed by atoms with Gasteiger partial charge in [0.25, 0.3) is 11.8 Å². The Bertz CT molecular complexity index is 733. The molecule has 0 aliphatic rings. The van der Waals surface area contributed by atoms with Gasteiger partial charge >= 0.3 is 0 Å². The Morgan fingerprint density at radius 2 is 1.38 bits per heavy atom. The van der Waals surface area contributed by atoms with Crippen molar-refractivity contribution < 1.29 is 9.59 Å².